The predicted octanol–water partition coefficient (Wildman–Crippen LogP) is 16.7. The molecule has 0 spiro atoms. The molecule has 0 fully saturated rings. The molecule has 0 radical (unpaired) electrons. The van der Waals surface area contributed by atoms with Crippen molar-refractivity contribution < 1.29 is 18.3 Å². The molecule has 0 rings (SSSR count). The van der Waals surface area contributed by atoms with Crippen LogP contribution in [0.25, 0.3) is 0 Å². The molecule has 0 aromatic carbocycles. The molecule has 7 nitrogen and oxygen atoms in total. The standard InChI is InChI=1S/C51H102N3O4PSi/c1-12-14-16-18-20-22-24-26-27-29-31-33-35-37-39-42-50(55)53-48(45-57-59(56-44-40-43-52)54(46(3)4)47(5)6)49(58-60(10,11)51(7,8)9)41-38-36-34-32-30-28-25-23-21-19-17-15-13-2/h38,41,46-49H,12-37,39-40,42,44-45H2,1-11H3,(H,53,55)/b41-38+/t48-,49+,59?/m0/s1. The predicted molar refractivity (Wildman–Crippen MR) is 265 cm³/mol. The fourth-order valence-electron chi connectivity index (χ4n) is 7.54. The fourth-order valence-corrected chi connectivity index (χ4v) is 10.4. The van der Waals surface area contributed by atoms with Crippen molar-refractivity contribution in [2.75, 3.05) is 13.2 Å². The van der Waals surface area contributed by atoms with Gasteiger partial charge in [-0.05, 0) is 65.1 Å². The summed E-state index contributed by atoms with van der Waals surface area (Å²) in [5.41, 5.74) is 0. The van der Waals surface area contributed by atoms with Crippen LogP contribution in [0.1, 0.15) is 249 Å². The smallest absolute Gasteiger partial charge is 0.259 e. The molecule has 1 amide bonds. The van der Waals surface area contributed by atoms with E-state index in [1.54, 1.807) is 0 Å². The normalized spacial score (nSPS) is 14.1. The highest BCUT2D eigenvalue weighted by Gasteiger charge is 2.41. The molecule has 0 aromatic rings. The molecule has 0 saturated carbocycles. The van der Waals surface area contributed by atoms with Crippen molar-refractivity contribution in [3.05, 3.63) is 12.2 Å². The monoisotopic (exact) mass is 880 g/mol. The Balaban J connectivity index is 5.59. The first kappa shape index (κ1) is 59.2. The van der Waals surface area contributed by atoms with Gasteiger partial charge in [0.15, 0.2) is 8.32 Å². The third-order valence-electron chi connectivity index (χ3n) is 12.3. The molecule has 0 saturated heterocycles. The third kappa shape index (κ3) is 31.9. The molecule has 0 aliphatic carbocycles. The van der Waals surface area contributed by atoms with E-state index in [1.165, 1.54) is 154 Å². The molecular weight excluding hydrogens is 778 g/mol. The Labute approximate surface area is 377 Å². The van der Waals surface area contributed by atoms with Gasteiger partial charge in [0.1, 0.15) is 0 Å². The van der Waals surface area contributed by atoms with Gasteiger partial charge in [0.25, 0.3) is 8.53 Å². The first-order valence-corrected chi connectivity index (χ1v) is 29.6. The highest BCUT2D eigenvalue weighted by atomic mass is 31.2. The number of carbonyl (C=O) groups excluding carboxylic acids is 1. The first-order valence-electron chi connectivity index (χ1n) is 25.6. The quantitative estimate of drug-likeness (QED) is 0.0285. The average molecular weight is 880 g/mol. The second kappa shape index (κ2) is 38.6. The third-order valence-corrected chi connectivity index (χ3v) is 18.9. The lowest BCUT2D eigenvalue weighted by atomic mass is 10.0. The summed E-state index contributed by atoms with van der Waals surface area (Å²) < 4.78 is 22.4. The van der Waals surface area contributed by atoms with Gasteiger partial charge in [0.2, 0.25) is 5.91 Å². The zero-order valence-electron chi connectivity index (χ0n) is 41.9. The summed E-state index contributed by atoms with van der Waals surface area (Å²) in [5, 5.41) is 12.7. The van der Waals surface area contributed by atoms with E-state index in [9.17, 15) is 10.1 Å². The highest BCUT2D eigenvalue weighted by Crippen LogP contribution is 2.46. The largest absolute Gasteiger partial charge is 0.408 e. The number of hydrogen-bond acceptors (Lipinski definition) is 6. The van der Waals surface area contributed by atoms with E-state index >= 15 is 0 Å². The maximum atomic E-state index is 13.7. The molecule has 3 atom stereocenters. The van der Waals surface area contributed by atoms with Crippen molar-refractivity contribution in [3.63, 3.8) is 0 Å². The van der Waals surface area contributed by atoms with Crippen molar-refractivity contribution in [3.8, 4) is 6.07 Å². The summed E-state index contributed by atoms with van der Waals surface area (Å²) in [6, 6.07) is 2.24. The van der Waals surface area contributed by atoms with Gasteiger partial charge in [-0.1, -0.05) is 201 Å². The van der Waals surface area contributed by atoms with Crippen LogP contribution in [0.2, 0.25) is 18.1 Å². The molecule has 0 aromatic heterocycles. The van der Waals surface area contributed by atoms with Gasteiger partial charge < -0.3 is 18.8 Å². The van der Waals surface area contributed by atoms with Gasteiger partial charge >= 0.3 is 0 Å². The van der Waals surface area contributed by atoms with Gasteiger partial charge in [-0.15, -0.1) is 0 Å². The minimum Gasteiger partial charge on any atom is -0.408 e. The van der Waals surface area contributed by atoms with Crippen molar-refractivity contribution in [1.82, 2.24) is 9.99 Å². The van der Waals surface area contributed by atoms with E-state index in [-0.39, 0.29) is 41.8 Å². The van der Waals surface area contributed by atoms with E-state index < -0.39 is 16.8 Å². The number of rotatable bonds is 42. The number of nitrogens with zero attached hydrogens (tertiary/aromatic N) is 2. The van der Waals surface area contributed by atoms with E-state index in [1.807, 2.05) is 0 Å². The number of amides is 1. The molecule has 0 bridgehead atoms. The lowest BCUT2D eigenvalue weighted by Crippen LogP contribution is -2.53. The van der Waals surface area contributed by atoms with Crippen LogP contribution < -0.4 is 5.32 Å². The highest BCUT2D eigenvalue weighted by molar-refractivity contribution is 7.44. The lowest BCUT2D eigenvalue weighted by Gasteiger charge is -2.41. The Morgan fingerprint density at radius 1 is 0.683 bits per heavy atom. The van der Waals surface area contributed by atoms with Gasteiger partial charge in [-0.3, -0.25) is 4.79 Å². The number of allylic oxidation sites excluding steroid dienone is 1. The zero-order valence-corrected chi connectivity index (χ0v) is 43.8. The molecule has 1 N–H and O–H groups in total. The zero-order chi connectivity index (χ0) is 44.9. The van der Waals surface area contributed by atoms with Crippen molar-refractivity contribution in [2.45, 2.75) is 291 Å². The van der Waals surface area contributed by atoms with Gasteiger partial charge in [0.05, 0.1) is 37.8 Å². The Bertz CT molecular complexity index is 1050. The fraction of sp³-hybridized carbons (Fsp3) is 0.922. The Kier molecular flexibility index (Phi) is 38.1. The number of unbranched alkanes of at least 4 members (excludes halogenated alkanes) is 25. The van der Waals surface area contributed by atoms with E-state index in [0.717, 1.165) is 19.3 Å². The number of nitriles is 1. The Morgan fingerprint density at radius 3 is 1.50 bits per heavy atom. The first-order chi connectivity index (χ1) is 28.7. The SMILES string of the molecule is CCCCCCCCCCCCC/C=C/[C@@H](O[Si](C)(C)C(C)(C)C)[C@H](COP(OCCC#N)N(C(C)C)C(C)C)NC(=O)CCCCCCCCCCCCCCCCC. The van der Waals surface area contributed by atoms with Crippen molar-refractivity contribution in [1.29, 1.82) is 5.26 Å². The van der Waals surface area contributed by atoms with Gasteiger partial charge in [-0.2, -0.15) is 5.26 Å². The molecule has 60 heavy (non-hydrogen) atoms. The summed E-state index contributed by atoms with van der Waals surface area (Å²) in [6.45, 7) is 25.2. The van der Waals surface area contributed by atoms with Gasteiger partial charge in [0, 0.05) is 18.5 Å². The molecule has 0 aliphatic heterocycles. The summed E-state index contributed by atoms with van der Waals surface area (Å²) in [7, 11) is -3.67. The summed E-state index contributed by atoms with van der Waals surface area (Å²) >= 11 is 0. The van der Waals surface area contributed by atoms with Crippen molar-refractivity contribution >= 4 is 22.8 Å². The molecular formula is C51H102N3O4PSi. The summed E-state index contributed by atoms with van der Waals surface area (Å²) in [5.74, 6) is 0.0696. The maximum absolute atomic E-state index is 13.7. The van der Waals surface area contributed by atoms with E-state index in [0.29, 0.717) is 19.4 Å². The van der Waals surface area contributed by atoms with Gasteiger partial charge in [-0.25, -0.2) is 4.67 Å². The van der Waals surface area contributed by atoms with Crippen LogP contribution in [-0.2, 0) is 18.3 Å². The molecule has 0 heterocycles. The second-order valence-corrected chi connectivity index (χ2v) is 26.0. The summed E-state index contributed by atoms with van der Waals surface area (Å²) in [4.78, 5) is 13.7. The lowest BCUT2D eigenvalue weighted by molar-refractivity contribution is -0.122. The summed E-state index contributed by atoms with van der Waals surface area (Å²) in [6.07, 6.45) is 40.3. The van der Waals surface area contributed by atoms with Crippen LogP contribution in [0.3, 0.4) is 0 Å². The Hall–Kier alpha value is -0.813. The Morgan fingerprint density at radius 2 is 1.10 bits per heavy atom. The maximum Gasteiger partial charge on any atom is 0.259 e. The minimum absolute atomic E-state index is 0.0114. The van der Waals surface area contributed by atoms with Crippen LogP contribution in [0.4, 0.5) is 0 Å². The molecule has 0 aliphatic rings. The van der Waals surface area contributed by atoms with Crippen LogP contribution >= 0.6 is 8.53 Å². The van der Waals surface area contributed by atoms with Crippen LogP contribution in [-0.4, -0.2) is 56.3 Å². The van der Waals surface area contributed by atoms with E-state index in [2.05, 4.69) is 104 Å². The van der Waals surface area contributed by atoms with Crippen molar-refractivity contribution in [2.24, 2.45) is 0 Å². The number of hydrogen-bond donors (Lipinski definition) is 1. The average Bonchev–Trinajstić information content (AvgIpc) is 3.18. The minimum atomic E-state index is -2.22. The topological polar surface area (TPSA) is 83.8 Å². The second-order valence-electron chi connectivity index (χ2n) is 19.8. The van der Waals surface area contributed by atoms with Crippen LogP contribution in [0.5, 0.6) is 0 Å². The number of nitrogens with one attached hydrogen (secondary N) is 1. The van der Waals surface area contributed by atoms with Crippen LogP contribution in [0, 0.1) is 11.3 Å². The molecule has 354 valence electrons. The molecule has 1 unspecified atom stereocenters. The number of carbonyl (C=O) groups is 1. The van der Waals surface area contributed by atoms with Crippen LogP contribution in [0.15, 0.2) is 12.2 Å². The van der Waals surface area contributed by atoms with E-state index in [4.69, 9.17) is 13.5 Å². The molecule has 9 heteroatoms.